The molecule has 0 atom stereocenters. The van der Waals surface area contributed by atoms with Gasteiger partial charge in [-0.15, -0.1) is 0 Å². The van der Waals surface area contributed by atoms with Crippen LogP contribution in [0.15, 0.2) is 11.1 Å². The zero-order valence-electron chi connectivity index (χ0n) is 9.13. The molecular weight excluding hydrogens is 196 g/mol. The van der Waals surface area contributed by atoms with E-state index in [-0.39, 0.29) is 16.8 Å². The summed E-state index contributed by atoms with van der Waals surface area (Å²) in [5.74, 6) is 0.376. The Bertz CT molecular complexity index is 386. The summed E-state index contributed by atoms with van der Waals surface area (Å²) >= 11 is 0. The molecule has 1 heterocycles. The van der Waals surface area contributed by atoms with Gasteiger partial charge in [0.1, 0.15) is 5.69 Å². The molecule has 0 radical (unpaired) electrons. The molecular formula is C9H16N4O2. The smallest absolute Gasteiger partial charge is 0.276 e. The van der Waals surface area contributed by atoms with E-state index in [1.54, 1.807) is 7.11 Å². The number of H-pyrrole nitrogens is 1. The number of methoxy groups -OCH3 is 1. The molecule has 6 nitrogen and oxygen atoms in total. The molecule has 0 aliphatic heterocycles. The number of nitrogens with zero attached hydrogens (tertiary/aromatic N) is 1. The number of ether oxygens (including phenoxy) is 1. The third kappa shape index (κ3) is 2.95. The minimum absolute atomic E-state index is 0.0849. The van der Waals surface area contributed by atoms with Gasteiger partial charge < -0.3 is 20.8 Å². The van der Waals surface area contributed by atoms with Gasteiger partial charge in [-0.25, -0.2) is 4.98 Å². The second kappa shape index (κ2) is 4.31. The lowest BCUT2D eigenvalue weighted by Crippen LogP contribution is -2.37. The number of hydrogen-bond donors (Lipinski definition) is 3. The Kier molecular flexibility index (Phi) is 3.31. The number of hydrogen-bond acceptors (Lipinski definition) is 5. The van der Waals surface area contributed by atoms with Crippen LogP contribution >= 0.6 is 0 Å². The van der Waals surface area contributed by atoms with Gasteiger partial charge in [0, 0.05) is 7.11 Å². The average molecular weight is 212 g/mol. The second-order valence-electron chi connectivity index (χ2n) is 3.94. The van der Waals surface area contributed by atoms with Crippen LogP contribution in [0.5, 0.6) is 0 Å². The maximum atomic E-state index is 11.2. The molecule has 0 saturated carbocycles. The first-order chi connectivity index (χ1) is 6.96. The van der Waals surface area contributed by atoms with Gasteiger partial charge in [0.2, 0.25) is 0 Å². The Labute approximate surface area is 87.9 Å². The van der Waals surface area contributed by atoms with Crippen LogP contribution in [0, 0.1) is 0 Å². The normalized spacial score (nSPS) is 11.4. The molecule has 0 aliphatic rings. The first-order valence-electron chi connectivity index (χ1n) is 4.56. The van der Waals surface area contributed by atoms with Crippen LogP contribution in [0.2, 0.25) is 0 Å². The second-order valence-corrected chi connectivity index (χ2v) is 3.94. The van der Waals surface area contributed by atoms with E-state index in [0.717, 1.165) is 0 Å². The van der Waals surface area contributed by atoms with E-state index >= 15 is 0 Å². The quantitative estimate of drug-likeness (QED) is 0.662. The predicted octanol–water partition coefficient (Wildman–Crippen LogP) is 0.189. The Morgan fingerprint density at radius 1 is 1.67 bits per heavy atom. The zero-order valence-corrected chi connectivity index (χ0v) is 9.13. The minimum Gasteiger partial charge on any atom is -0.391 e. The van der Waals surface area contributed by atoms with E-state index < -0.39 is 0 Å². The molecule has 0 aliphatic carbocycles. The van der Waals surface area contributed by atoms with E-state index in [1.165, 1.54) is 6.33 Å². The van der Waals surface area contributed by atoms with Crippen molar-refractivity contribution in [3.63, 3.8) is 0 Å². The first-order valence-corrected chi connectivity index (χ1v) is 4.56. The SMILES string of the molecule is COCC(C)(C)Nc1nc[nH]c(=O)c1N. The highest BCUT2D eigenvalue weighted by atomic mass is 16.5. The van der Waals surface area contributed by atoms with Crippen LogP contribution in [0.25, 0.3) is 0 Å². The monoisotopic (exact) mass is 212 g/mol. The standard InChI is InChI=1S/C9H16N4O2/c1-9(2,4-15-3)13-7-6(10)8(14)12-5-11-7/h5H,4,10H2,1-3H3,(H2,11,12,13,14). The molecule has 0 unspecified atom stereocenters. The van der Waals surface area contributed by atoms with Crippen LogP contribution in [-0.4, -0.2) is 29.2 Å². The third-order valence-electron chi connectivity index (χ3n) is 1.85. The molecule has 0 amide bonds. The number of aromatic amines is 1. The highest BCUT2D eigenvalue weighted by Gasteiger charge is 2.19. The molecule has 4 N–H and O–H groups in total. The lowest BCUT2D eigenvalue weighted by Gasteiger charge is -2.26. The van der Waals surface area contributed by atoms with Gasteiger partial charge in [0.05, 0.1) is 18.5 Å². The predicted molar refractivity (Wildman–Crippen MR) is 58.8 cm³/mol. The maximum Gasteiger partial charge on any atom is 0.276 e. The van der Waals surface area contributed by atoms with Gasteiger partial charge in [0.15, 0.2) is 5.82 Å². The van der Waals surface area contributed by atoms with Gasteiger partial charge >= 0.3 is 0 Å². The van der Waals surface area contributed by atoms with Crippen molar-refractivity contribution >= 4 is 11.5 Å². The van der Waals surface area contributed by atoms with Gasteiger partial charge in [0.25, 0.3) is 5.56 Å². The Morgan fingerprint density at radius 2 is 2.33 bits per heavy atom. The van der Waals surface area contributed by atoms with Crippen molar-refractivity contribution < 1.29 is 4.74 Å². The molecule has 1 rings (SSSR count). The van der Waals surface area contributed by atoms with Crippen LogP contribution in [0.1, 0.15) is 13.8 Å². The van der Waals surface area contributed by atoms with Crippen molar-refractivity contribution in [1.29, 1.82) is 0 Å². The average Bonchev–Trinajstić information content (AvgIpc) is 2.12. The summed E-state index contributed by atoms with van der Waals surface area (Å²) < 4.78 is 5.03. The van der Waals surface area contributed by atoms with Crippen LogP contribution in [0.4, 0.5) is 11.5 Å². The fourth-order valence-electron chi connectivity index (χ4n) is 1.23. The molecule has 6 heteroatoms. The summed E-state index contributed by atoms with van der Waals surface area (Å²) in [4.78, 5) is 17.5. The number of anilines is 2. The lowest BCUT2D eigenvalue weighted by molar-refractivity contribution is 0.158. The maximum absolute atomic E-state index is 11.2. The van der Waals surface area contributed by atoms with Crippen molar-refractivity contribution in [2.75, 3.05) is 24.8 Å². The van der Waals surface area contributed by atoms with Gasteiger partial charge in [-0.3, -0.25) is 4.79 Å². The van der Waals surface area contributed by atoms with Crippen molar-refractivity contribution in [2.45, 2.75) is 19.4 Å². The molecule has 0 saturated heterocycles. The van der Waals surface area contributed by atoms with E-state index in [9.17, 15) is 4.79 Å². The third-order valence-corrected chi connectivity index (χ3v) is 1.85. The molecule has 1 aromatic rings. The molecule has 0 fully saturated rings. The molecule has 1 aromatic heterocycles. The van der Waals surface area contributed by atoms with Crippen molar-refractivity contribution in [2.24, 2.45) is 0 Å². The summed E-state index contributed by atoms with van der Waals surface area (Å²) in [6.45, 7) is 4.35. The zero-order chi connectivity index (χ0) is 11.5. The Morgan fingerprint density at radius 3 is 2.93 bits per heavy atom. The first kappa shape index (κ1) is 11.5. The number of nitrogen functional groups attached to an aromatic ring is 1. The van der Waals surface area contributed by atoms with Crippen LogP contribution in [-0.2, 0) is 4.74 Å². The molecule has 0 aromatic carbocycles. The molecule has 0 bridgehead atoms. The van der Waals surface area contributed by atoms with Crippen molar-refractivity contribution in [3.05, 3.63) is 16.7 Å². The fourth-order valence-corrected chi connectivity index (χ4v) is 1.23. The van der Waals surface area contributed by atoms with Crippen molar-refractivity contribution in [1.82, 2.24) is 9.97 Å². The minimum atomic E-state index is -0.347. The molecule has 84 valence electrons. The van der Waals surface area contributed by atoms with E-state index in [0.29, 0.717) is 12.4 Å². The van der Waals surface area contributed by atoms with Gasteiger partial charge in [-0.1, -0.05) is 0 Å². The van der Waals surface area contributed by atoms with Crippen LogP contribution < -0.4 is 16.6 Å². The number of aromatic nitrogens is 2. The van der Waals surface area contributed by atoms with Gasteiger partial charge in [-0.2, -0.15) is 0 Å². The summed E-state index contributed by atoms with van der Waals surface area (Å²) in [6.07, 6.45) is 1.31. The Hall–Kier alpha value is -1.56. The number of nitrogens with two attached hydrogens (primary N) is 1. The lowest BCUT2D eigenvalue weighted by atomic mass is 10.1. The highest BCUT2D eigenvalue weighted by molar-refractivity contribution is 5.59. The highest BCUT2D eigenvalue weighted by Crippen LogP contribution is 2.15. The van der Waals surface area contributed by atoms with E-state index in [1.807, 2.05) is 13.8 Å². The van der Waals surface area contributed by atoms with Gasteiger partial charge in [-0.05, 0) is 13.8 Å². The summed E-state index contributed by atoms with van der Waals surface area (Å²) in [6, 6.07) is 0. The summed E-state index contributed by atoms with van der Waals surface area (Å²) in [7, 11) is 1.61. The molecule has 0 spiro atoms. The Balaban J connectivity index is 2.90. The summed E-state index contributed by atoms with van der Waals surface area (Å²) in [5.41, 5.74) is 4.98. The summed E-state index contributed by atoms with van der Waals surface area (Å²) in [5, 5.41) is 3.05. The number of rotatable bonds is 4. The number of nitrogens with one attached hydrogen (secondary N) is 2. The topological polar surface area (TPSA) is 93.0 Å². The molecule has 15 heavy (non-hydrogen) atoms. The van der Waals surface area contributed by atoms with E-state index in [2.05, 4.69) is 15.3 Å². The largest absolute Gasteiger partial charge is 0.391 e. The van der Waals surface area contributed by atoms with Crippen molar-refractivity contribution in [3.8, 4) is 0 Å². The fraction of sp³-hybridized carbons (Fsp3) is 0.556. The van der Waals surface area contributed by atoms with Crippen LogP contribution in [0.3, 0.4) is 0 Å². The van der Waals surface area contributed by atoms with E-state index in [4.69, 9.17) is 10.5 Å².